The average Bonchev–Trinajstić information content (AvgIpc) is 2.30. The van der Waals surface area contributed by atoms with Gasteiger partial charge in [0.15, 0.2) is 0 Å². The lowest BCUT2D eigenvalue weighted by Gasteiger charge is -2.43. The molecule has 1 fully saturated rings. The number of para-hydroxylation sites is 1. The number of benzene rings is 1. The van der Waals surface area contributed by atoms with Crippen molar-refractivity contribution in [1.82, 2.24) is 5.32 Å². The largest absolute Gasteiger partial charge is 0.487 e. The third-order valence-corrected chi connectivity index (χ3v) is 3.75. The van der Waals surface area contributed by atoms with Crippen LogP contribution in [-0.4, -0.2) is 18.7 Å². The molecule has 1 saturated heterocycles. The van der Waals surface area contributed by atoms with Crippen LogP contribution in [0.3, 0.4) is 0 Å². The van der Waals surface area contributed by atoms with E-state index in [9.17, 15) is 0 Å². The van der Waals surface area contributed by atoms with E-state index < -0.39 is 0 Å². The molecule has 0 saturated carbocycles. The van der Waals surface area contributed by atoms with Crippen LogP contribution in [0, 0.1) is 0 Å². The van der Waals surface area contributed by atoms with Crippen molar-refractivity contribution in [3.63, 3.8) is 0 Å². The summed E-state index contributed by atoms with van der Waals surface area (Å²) in [5.41, 5.74) is 7.40. The first-order chi connectivity index (χ1) is 7.79. The Kier molecular flexibility index (Phi) is 2.37. The van der Waals surface area contributed by atoms with Gasteiger partial charge < -0.3 is 15.8 Å². The van der Waals surface area contributed by atoms with Crippen molar-refractivity contribution in [2.45, 2.75) is 30.9 Å². The van der Waals surface area contributed by atoms with Gasteiger partial charge in [0, 0.05) is 18.0 Å². The zero-order chi connectivity index (χ0) is 11.0. The van der Waals surface area contributed by atoms with Crippen molar-refractivity contribution < 1.29 is 4.74 Å². The van der Waals surface area contributed by atoms with Crippen molar-refractivity contribution >= 4 is 0 Å². The molecule has 86 valence electrons. The molecule has 3 nitrogen and oxygen atoms in total. The maximum Gasteiger partial charge on any atom is 0.124 e. The Hall–Kier alpha value is -1.06. The zero-order valence-electron chi connectivity index (χ0n) is 9.41. The Morgan fingerprint density at radius 2 is 2.00 bits per heavy atom. The highest BCUT2D eigenvalue weighted by atomic mass is 16.5. The summed E-state index contributed by atoms with van der Waals surface area (Å²) < 4.78 is 6.21. The maximum absolute atomic E-state index is 6.25. The molecular weight excluding hydrogens is 200 g/mol. The maximum atomic E-state index is 6.25. The van der Waals surface area contributed by atoms with Gasteiger partial charge in [-0.2, -0.15) is 0 Å². The number of piperidine rings is 1. The fourth-order valence-electron chi connectivity index (χ4n) is 2.85. The van der Waals surface area contributed by atoms with Gasteiger partial charge in [-0.3, -0.25) is 0 Å². The van der Waals surface area contributed by atoms with Crippen LogP contribution in [0.2, 0.25) is 0 Å². The normalized spacial score (nSPS) is 27.2. The second-order valence-corrected chi connectivity index (χ2v) is 4.88. The number of hydrogen-bond acceptors (Lipinski definition) is 3. The molecule has 3 heteroatoms. The summed E-state index contributed by atoms with van der Waals surface area (Å²) in [7, 11) is 0. The molecular formula is C13H18N2O. The predicted molar refractivity (Wildman–Crippen MR) is 63.5 cm³/mol. The van der Waals surface area contributed by atoms with Crippen LogP contribution in [0.15, 0.2) is 24.3 Å². The molecule has 0 bridgehead atoms. The van der Waals surface area contributed by atoms with Gasteiger partial charge in [-0.05, 0) is 32.0 Å². The van der Waals surface area contributed by atoms with E-state index in [-0.39, 0.29) is 11.6 Å². The Bertz CT molecular complexity index is 385. The molecule has 1 atom stereocenters. The third-order valence-electron chi connectivity index (χ3n) is 3.75. The lowest BCUT2D eigenvalue weighted by molar-refractivity contribution is 0.00793. The molecule has 1 aromatic carbocycles. The van der Waals surface area contributed by atoms with Crippen molar-refractivity contribution in [2.24, 2.45) is 5.73 Å². The zero-order valence-corrected chi connectivity index (χ0v) is 9.41. The molecule has 0 radical (unpaired) electrons. The SMILES string of the molecule is N[C@@H]1CC2(CCNCC2)Oc2ccccc21. The molecule has 1 spiro atoms. The summed E-state index contributed by atoms with van der Waals surface area (Å²) in [5.74, 6) is 0.989. The lowest BCUT2D eigenvalue weighted by Crippen LogP contribution is -2.50. The number of rotatable bonds is 0. The molecule has 3 rings (SSSR count). The van der Waals surface area contributed by atoms with Gasteiger partial charge in [0.05, 0.1) is 0 Å². The fourth-order valence-corrected chi connectivity index (χ4v) is 2.85. The lowest BCUT2D eigenvalue weighted by atomic mass is 9.81. The van der Waals surface area contributed by atoms with Crippen LogP contribution in [0.1, 0.15) is 30.9 Å². The van der Waals surface area contributed by atoms with Crippen molar-refractivity contribution in [3.8, 4) is 5.75 Å². The standard InChI is InChI=1S/C13H18N2O/c14-11-9-13(5-7-15-8-6-13)16-12-4-2-1-3-10(11)12/h1-4,11,15H,5-9,14H2/t11-/m1/s1. The highest BCUT2D eigenvalue weighted by molar-refractivity contribution is 5.38. The van der Waals surface area contributed by atoms with Crippen LogP contribution < -0.4 is 15.8 Å². The summed E-state index contributed by atoms with van der Waals surface area (Å²) in [4.78, 5) is 0. The number of hydrogen-bond donors (Lipinski definition) is 2. The van der Waals surface area contributed by atoms with Gasteiger partial charge in [0.1, 0.15) is 11.4 Å². The third kappa shape index (κ3) is 1.60. The molecule has 2 aliphatic rings. The van der Waals surface area contributed by atoms with E-state index in [0.29, 0.717) is 0 Å². The van der Waals surface area contributed by atoms with E-state index in [2.05, 4.69) is 11.4 Å². The minimum absolute atomic E-state index is 0.0149. The Balaban J connectivity index is 1.93. The minimum Gasteiger partial charge on any atom is -0.487 e. The van der Waals surface area contributed by atoms with Gasteiger partial charge in [0.2, 0.25) is 0 Å². The molecule has 0 unspecified atom stereocenters. The monoisotopic (exact) mass is 218 g/mol. The van der Waals surface area contributed by atoms with E-state index >= 15 is 0 Å². The van der Waals surface area contributed by atoms with Crippen molar-refractivity contribution in [1.29, 1.82) is 0 Å². The second kappa shape index (κ2) is 3.75. The average molecular weight is 218 g/mol. The molecule has 16 heavy (non-hydrogen) atoms. The molecule has 0 aromatic heterocycles. The van der Waals surface area contributed by atoms with Gasteiger partial charge in [-0.25, -0.2) is 0 Å². The summed E-state index contributed by atoms with van der Waals surface area (Å²) in [6.07, 6.45) is 3.08. The summed E-state index contributed by atoms with van der Waals surface area (Å²) >= 11 is 0. The smallest absolute Gasteiger partial charge is 0.124 e. The van der Waals surface area contributed by atoms with E-state index in [1.54, 1.807) is 0 Å². The van der Waals surface area contributed by atoms with Crippen molar-refractivity contribution in [3.05, 3.63) is 29.8 Å². The fraction of sp³-hybridized carbons (Fsp3) is 0.538. The van der Waals surface area contributed by atoms with Gasteiger partial charge >= 0.3 is 0 Å². The number of fused-ring (bicyclic) bond motifs is 1. The first-order valence-corrected chi connectivity index (χ1v) is 6.03. The molecule has 3 N–H and O–H groups in total. The highest BCUT2D eigenvalue weighted by Crippen LogP contribution is 2.42. The summed E-state index contributed by atoms with van der Waals surface area (Å²) in [5, 5.41) is 3.37. The first kappa shape index (κ1) is 10.1. The topological polar surface area (TPSA) is 47.3 Å². The van der Waals surface area contributed by atoms with Crippen LogP contribution in [0.5, 0.6) is 5.75 Å². The van der Waals surface area contributed by atoms with E-state index in [4.69, 9.17) is 10.5 Å². The molecule has 2 heterocycles. The van der Waals surface area contributed by atoms with E-state index in [1.807, 2.05) is 18.2 Å². The Morgan fingerprint density at radius 1 is 1.25 bits per heavy atom. The number of nitrogens with two attached hydrogens (primary N) is 1. The highest BCUT2D eigenvalue weighted by Gasteiger charge is 2.40. The molecule has 2 aliphatic heterocycles. The van der Waals surface area contributed by atoms with Gasteiger partial charge in [-0.15, -0.1) is 0 Å². The van der Waals surface area contributed by atoms with E-state index in [1.165, 1.54) is 0 Å². The predicted octanol–water partition coefficient (Wildman–Crippen LogP) is 1.59. The van der Waals surface area contributed by atoms with Crippen LogP contribution in [0.25, 0.3) is 0 Å². The molecule has 0 amide bonds. The minimum atomic E-state index is -0.0149. The van der Waals surface area contributed by atoms with Crippen LogP contribution in [0.4, 0.5) is 0 Å². The molecule has 1 aromatic rings. The van der Waals surface area contributed by atoms with E-state index in [0.717, 1.165) is 43.7 Å². The Morgan fingerprint density at radius 3 is 2.81 bits per heavy atom. The van der Waals surface area contributed by atoms with Crippen LogP contribution >= 0.6 is 0 Å². The van der Waals surface area contributed by atoms with Gasteiger partial charge in [-0.1, -0.05) is 18.2 Å². The van der Waals surface area contributed by atoms with Gasteiger partial charge in [0.25, 0.3) is 0 Å². The summed E-state index contributed by atoms with van der Waals surface area (Å²) in [6.45, 7) is 2.07. The quantitative estimate of drug-likeness (QED) is 0.695. The molecule has 0 aliphatic carbocycles. The van der Waals surface area contributed by atoms with Crippen LogP contribution in [-0.2, 0) is 0 Å². The second-order valence-electron chi connectivity index (χ2n) is 4.88. The number of nitrogens with one attached hydrogen (secondary N) is 1. The summed E-state index contributed by atoms with van der Waals surface area (Å²) in [6, 6.07) is 8.29. The Labute approximate surface area is 96.0 Å². The number of ether oxygens (including phenoxy) is 1. The van der Waals surface area contributed by atoms with Crippen molar-refractivity contribution in [2.75, 3.05) is 13.1 Å². The first-order valence-electron chi connectivity index (χ1n) is 6.03.